The summed E-state index contributed by atoms with van der Waals surface area (Å²) in [7, 11) is 1.93. The van der Waals surface area contributed by atoms with Crippen LogP contribution in [0.25, 0.3) is 0 Å². The molecule has 1 aliphatic heterocycles. The lowest BCUT2D eigenvalue weighted by Gasteiger charge is -2.27. The number of benzene rings is 1. The summed E-state index contributed by atoms with van der Waals surface area (Å²) in [5, 5.41) is 0.496. The molecule has 1 aromatic rings. The average Bonchev–Trinajstić information content (AvgIpc) is 2.94. The second-order valence-electron chi connectivity index (χ2n) is 4.89. The molecule has 1 aromatic carbocycles. The summed E-state index contributed by atoms with van der Waals surface area (Å²) in [5.41, 5.74) is 0.0285. The van der Waals surface area contributed by atoms with E-state index in [-0.39, 0.29) is 5.69 Å². The zero-order chi connectivity index (χ0) is 18.1. The smallest absolute Gasteiger partial charge is 0.412 e. The van der Waals surface area contributed by atoms with E-state index < -0.39 is 36.2 Å². The number of rotatable bonds is 3. The first-order valence-corrected chi connectivity index (χ1v) is 7.44. The van der Waals surface area contributed by atoms with Crippen molar-refractivity contribution in [1.29, 1.82) is 0 Å². The molecule has 3 atom stereocenters. The summed E-state index contributed by atoms with van der Waals surface area (Å²) in [6.07, 6.45) is -6.62. The number of carbonyl (C=O) groups is 2. The summed E-state index contributed by atoms with van der Waals surface area (Å²) in [6.45, 7) is 0. The maximum Gasteiger partial charge on any atom is 0.412 e. The lowest BCUT2D eigenvalue weighted by molar-refractivity contribution is -0.173. The number of anilines is 1. The van der Waals surface area contributed by atoms with Crippen LogP contribution in [0.3, 0.4) is 0 Å². The van der Waals surface area contributed by atoms with Crippen molar-refractivity contribution in [3.8, 4) is 0 Å². The molecule has 1 aliphatic rings. The van der Waals surface area contributed by atoms with Gasteiger partial charge >= 0.3 is 18.1 Å². The molecule has 0 N–H and O–H groups in total. The van der Waals surface area contributed by atoms with Crippen molar-refractivity contribution in [2.24, 2.45) is 5.92 Å². The van der Waals surface area contributed by atoms with Crippen LogP contribution in [0.1, 0.15) is 0 Å². The van der Waals surface area contributed by atoms with Gasteiger partial charge in [-0.25, -0.2) is 9.86 Å². The Balaban J connectivity index is 2.51. The fourth-order valence-electron chi connectivity index (χ4n) is 2.41. The molecule has 132 valence electrons. The van der Waals surface area contributed by atoms with Gasteiger partial charge in [0, 0.05) is 4.47 Å². The molecule has 0 unspecified atom stereocenters. The number of hydrogen-bond donors (Lipinski definition) is 0. The molecule has 0 aromatic heterocycles. The minimum atomic E-state index is -4.85. The largest absolute Gasteiger partial charge is 0.469 e. The molecule has 1 saturated heterocycles. The lowest BCUT2D eigenvalue weighted by Crippen LogP contribution is -2.48. The van der Waals surface area contributed by atoms with Crippen molar-refractivity contribution in [1.82, 2.24) is 0 Å². The molecule has 1 heterocycles. The van der Waals surface area contributed by atoms with E-state index >= 15 is 0 Å². The van der Waals surface area contributed by atoms with Crippen LogP contribution >= 0.6 is 15.9 Å². The molecule has 24 heavy (non-hydrogen) atoms. The van der Waals surface area contributed by atoms with Crippen LogP contribution in [0.4, 0.5) is 18.9 Å². The van der Waals surface area contributed by atoms with Crippen LogP contribution in [0.15, 0.2) is 28.7 Å². The van der Waals surface area contributed by atoms with Crippen LogP contribution in [0.2, 0.25) is 0 Å². The fraction of sp³-hybridized carbons (Fsp3) is 0.429. The third-order valence-electron chi connectivity index (χ3n) is 3.47. The highest BCUT2D eigenvalue weighted by atomic mass is 79.9. The minimum absolute atomic E-state index is 0.0285. The predicted molar refractivity (Wildman–Crippen MR) is 78.9 cm³/mol. The average molecular weight is 412 g/mol. The number of ether oxygens (including phenoxy) is 2. The molecular weight excluding hydrogens is 399 g/mol. The fourth-order valence-corrected chi connectivity index (χ4v) is 2.67. The van der Waals surface area contributed by atoms with E-state index in [0.29, 0.717) is 9.54 Å². The summed E-state index contributed by atoms with van der Waals surface area (Å²) < 4.78 is 50.2. The summed E-state index contributed by atoms with van der Waals surface area (Å²) >= 11 is 3.17. The Morgan fingerprint density at radius 2 is 1.67 bits per heavy atom. The van der Waals surface area contributed by atoms with Crippen LogP contribution in [0.5, 0.6) is 0 Å². The second-order valence-corrected chi connectivity index (χ2v) is 5.80. The molecular formula is C14H13BrF3NO5. The van der Waals surface area contributed by atoms with Crippen molar-refractivity contribution < 1.29 is 37.1 Å². The number of halogens is 4. The van der Waals surface area contributed by atoms with E-state index in [1.807, 2.05) is 0 Å². The Morgan fingerprint density at radius 1 is 1.12 bits per heavy atom. The van der Waals surface area contributed by atoms with Gasteiger partial charge in [-0.1, -0.05) is 15.9 Å². The summed E-state index contributed by atoms with van der Waals surface area (Å²) in [6, 6.07) is 3.33. The van der Waals surface area contributed by atoms with Gasteiger partial charge in [0.2, 0.25) is 0 Å². The molecule has 0 radical (unpaired) electrons. The monoisotopic (exact) mass is 411 g/mol. The zero-order valence-corrected chi connectivity index (χ0v) is 14.1. The van der Waals surface area contributed by atoms with Crippen molar-refractivity contribution >= 4 is 33.6 Å². The Hall–Kier alpha value is -1.81. The van der Waals surface area contributed by atoms with E-state index in [4.69, 9.17) is 4.84 Å². The van der Waals surface area contributed by atoms with Crippen LogP contribution in [-0.4, -0.2) is 44.5 Å². The molecule has 1 fully saturated rings. The summed E-state index contributed by atoms with van der Waals surface area (Å²) in [5.74, 6) is -4.22. The summed E-state index contributed by atoms with van der Waals surface area (Å²) in [4.78, 5) is 28.8. The molecule has 0 spiro atoms. The highest BCUT2D eigenvalue weighted by Gasteiger charge is 2.62. The molecule has 0 amide bonds. The van der Waals surface area contributed by atoms with Gasteiger partial charge in [-0.2, -0.15) is 13.2 Å². The van der Waals surface area contributed by atoms with Gasteiger partial charge in [0.1, 0.15) is 5.92 Å². The number of esters is 2. The van der Waals surface area contributed by atoms with Crippen LogP contribution in [-0.2, 0) is 23.9 Å². The maximum absolute atomic E-state index is 13.6. The second kappa shape index (κ2) is 6.98. The molecule has 6 nitrogen and oxygen atoms in total. The van der Waals surface area contributed by atoms with Gasteiger partial charge in [-0.15, -0.1) is 0 Å². The third-order valence-corrected chi connectivity index (χ3v) is 4.00. The van der Waals surface area contributed by atoms with Crippen molar-refractivity contribution in [2.45, 2.75) is 18.3 Å². The molecule has 0 saturated carbocycles. The van der Waals surface area contributed by atoms with E-state index in [2.05, 4.69) is 25.4 Å². The maximum atomic E-state index is 13.6. The van der Waals surface area contributed by atoms with Gasteiger partial charge in [0.15, 0.2) is 12.1 Å². The standard InChI is InChI=1S/C14H13BrF3NO5/c1-22-12(20)9-10(13(21)23-2)24-19(11(9)14(16,17)18)8-5-3-7(15)4-6-8/h3-6,9-11H,1-2H3/t9-,10-,11-/m1/s1. The van der Waals surface area contributed by atoms with Crippen molar-refractivity contribution in [3.05, 3.63) is 28.7 Å². The van der Waals surface area contributed by atoms with Gasteiger partial charge in [-0.05, 0) is 24.3 Å². The van der Waals surface area contributed by atoms with Gasteiger partial charge in [0.25, 0.3) is 0 Å². The number of carbonyl (C=O) groups excluding carboxylic acids is 2. The van der Waals surface area contributed by atoms with Gasteiger partial charge in [-0.3, -0.25) is 9.63 Å². The Bertz CT molecular complexity index is 622. The van der Waals surface area contributed by atoms with Gasteiger partial charge in [0.05, 0.1) is 19.9 Å². The van der Waals surface area contributed by atoms with Crippen LogP contribution in [0, 0.1) is 5.92 Å². The number of methoxy groups -OCH3 is 2. The predicted octanol–water partition coefficient (Wildman–Crippen LogP) is 2.46. The van der Waals surface area contributed by atoms with Crippen molar-refractivity contribution in [3.63, 3.8) is 0 Å². The normalized spacial score (nSPS) is 23.9. The van der Waals surface area contributed by atoms with Crippen molar-refractivity contribution in [2.75, 3.05) is 19.3 Å². The number of alkyl halides is 3. The Labute approximate surface area is 143 Å². The molecule has 10 heteroatoms. The first kappa shape index (κ1) is 18.5. The Kier molecular flexibility index (Phi) is 5.38. The topological polar surface area (TPSA) is 65.1 Å². The SMILES string of the molecule is COC(=O)[C@@H]1[C@H](C(=O)OC)ON(c2ccc(Br)cc2)[C@H]1C(F)(F)F. The highest BCUT2D eigenvalue weighted by Crippen LogP contribution is 2.42. The number of hydroxylamine groups is 1. The zero-order valence-electron chi connectivity index (χ0n) is 12.5. The first-order valence-electron chi connectivity index (χ1n) is 6.64. The highest BCUT2D eigenvalue weighted by molar-refractivity contribution is 9.10. The van der Waals surface area contributed by atoms with E-state index in [1.54, 1.807) is 0 Å². The third kappa shape index (κ3) is 3.48. The molecule has 0 aliphatic carbocycles. The minimum Gasteiger partial charge on any atom is -0.469 e. The quantitative estimate of drug-likeness (QED) is 0.711. The number of hydrogen-bond acceptors (Lipinski definition) is 6. The van der Waals surface area contributed by atoms with Gasteiger partial charge < -0.3 is 9.47 Å². The molecule has 2 rings (SSSR count). The number of nitrogens with zero attached hydrogens (tertiary/aromatic N) is 1. The van der Waals surface area contributed by atoms with E-state index in [0.717, 1.165) is 14.2 Å². The lowest BCUT2D eigenvalue weighted by atomic mass is 9.94. The van der Waals surface area contributed by atoms with Crippen LogP contribution < -0.4 is 5.06 Å². The first-order chi connectivity index (χ1) is 11.2. The van der Waals surface area contributed by atoms with E-state index in [1.165, 1.54) is 24.3 Å². The Morgan fingerprint density at radius 3 is 2.12 bits per heavy atom. The van der Waals surface area contributed by atoms with E-state index in [9.17, 15) is 22.8 Å². The molecule has 0 bridgehead atoms.